The topological polar surface area (TPSA) is 46.0 Å². The molecule has 0 aliphatic carbocycles. The summed E-state index contributed by atoms with van der Waals surface area (Å²) in [6.07, 6.45) is 4.34. The van der Waals surface area contributed by atoms with E-state index < -0.39 is 0 Å². The van der Waals surface area contributed by atoms with Gasteiger partial charge in [0, 0.05) is 24.5 Å². The second kappa shape index (κ2) is 7.99. The zero-order valence-electron chi connectivity index (χ0n) is 14.9. The van der Waals surface area contributed by atoms with Crippen LogP contribution in [0.15, 0.2) is 24.3 Å². The minimum atomic E-state index is 0.0806. The number of benzene rings is 1. The Hall–Kier alpha value is -1.59. The van der Waals surface area contributed by atoms with Crippen LogP contribution in [0.2, 0.25) is 0 Å². The van der Waals surface area contributed by atoms with Crippen molar-refractivity contribution in [2.45, 2.75) is 45.3 Å². The molecule has 132 valence electrons. The third-order valence-corrected chi connectivity index (χ3v) is 4.90. The largest absolute Gasteiger partial charge is 0.372 e. The third-order valence-electron chi connectivity index (χ3n) is 4.90. The monoisotopic (exact) mass is 332 g/mol. The van der Waals surface area contributed by atoms with Gasteiger partial charge in [0.2, 0.25) is 0 Å². The molecule has 0 unspecified atom stereocenters. The molecule has 3 rings (SSSR count). The summed E-state index contributed by atoms with van der Waals surface area (Å²) in [4.78, 5) is 16.0. The van der Waals surface area contributed by atoms with Crippen molar-refractivity contribution in [1.82, 2.24) is 0 Å². The Balaban J connectivity index is 1.50. The average Bonchev–Trinajstić information content (AvgIpc) is 2.55. The number of hydrogen-bond acceptors (Lipinski definition) is 3. The highest BCUT2D eigenvalue weighted by Crippen LogP contribution is 2.21. The van der Waals surface area contributed by atoms with Gasteiger partial charge in [0.25, 0.3) is 5.91 Å². The predicted octanol–water partition coefficient (Wildman–Crippen LogP) is 1.31. The van der Waals surface area contributed by atoms with Crippen LogP contribution in [0.4, 0.5) is 11.4 Å². The van der Waals surface area contributed by atoms with Gasteiger partial charge in [-0.15, -0.1) is 0 Å². The molecule has 0 bridgehead atoms. The highest BCUT2D eigenvalue weighted by molar-refractivity contribution is 5.91. The lowest BCUT2D eigenvalue weighted by atomic mass is 10.1. The summed E-state index contributed by atoms with van der Waals surface area (Å²) in [5.74, 6) is 0.0806. The lowest BCUT2D eigenvalue weighted by Crippen LogP contribution is -3.16. The summed E-state index contributed by atoms with van der Waals surface area (Å²) >= 11 is 0. The minimum Gasteiger partial charge on any atom is -0.372 e. The van der Waals surface area contributed by atoms with Crippen molar-refractivity contribution in [3.05, 3.63) is 24.3 Å². The summed E-state index contributed by atoms with van der Waals surface area (Å²) in [5.41, 5.74) is 2.14. The van der Waals surface area contributed by atoms with Gasteiger partial charge in [0.05, 0.1) is 0 Å². The number of nitrogens with zero attached hydrogens (tertiary/aromatic N) is 1. The zero-order chi connectivity index (χ0) is 16.9. The zero-order valence-corrected chi connectivity index (χ0v) is 14.9. The van der Waals surface area contributed by atoms with E-state index in [9.17, 15) is 4.79 Å². The number of nitrogens with one attached hydrogen (secondary N) is 2. The Labute approximate surface area is 145 Å². The highest BCUT2D eigenvalue weighted by Gasteiger charge is 2.27. The quantitative estimate of drug-likeness (QED) is 0.874. The van der Waals surface area contributed by atoms with Gasteiger partial charge in [0.1, 0.15) is 25.3 Å². The smallest absolute Gasteiger partial charge is 0.279 e. The van der Waals surface area contributed by atoms with Crippen LogP contribution < -0.4 is 15.1 Å². The molecule has 0 spiro atoms. The molecule has 2 heterocycles. The molecule has 1 aromatic carbocycles. The normalized spacial score (nSPS) is 27.8. The van der Waals surface area contributed by atoms with Gasteiger partial charge >= 0.3 is 0 Å². The van der Waals surface area contributed by atoms with E-state index in [1.165, 1.54) is 29.8 Å². The molecule has 2 aliphatic rings. The number of ether oxygens (including phenoxy) is 1. The molecule has 0 aromatic heterocycles. The minimum absolute atomic E-state index is 0.0806. The molecule has 2 atom stereocenters. The number of carbonyl (C=O) groups excluding carboxylic acids is 1. The Morgan fingerprint density at radius 1 is 1.12 bits per heavy atom. The van der Waals surface area contributed by atoms with Crippen LogP contribution in [0, 0.1) is 0 Å². The van der Waals surface area contributed by atoms with Crippen molar-refractivity contribution in [3.63, 3.8) is 0 Å². The number of hydrogen-bond donors (Lipinski definition) is 2. The van der Waals surface area contributed by atoms with Crippen LogP contribution in [0.1, 0.15) is 33.1 Å². The maximum Gasteiger partial charge on any atom is 0.279 e. The van der Waals surface area contributed by atoms with Gasteiger partial charge in [-0.3, -0.25) is 4.79 Å². The third kappa shape index (κ3) is 4.71. The van der Waals surface area contributed by atoms with Crippen LogP contribution in [-0.4, -0.2) is 50.8 Å². The van der Waals surface area contributed by atoms with E-state index in [4.69, 9.17) is 4.74 Å². The van der Waals surface area contributed by atoms with Crippen molar-refractivity contribution in [1.29, 1.82) is 0 Å². The van der Waals surface area contributed by atoms with Gasteiger partial charge < -0.3 is 19.9 Å². The van der Waals surface area contributed by atoms with Gasteiger partial charge in [-0.1, -0.05) is 0 Å². The Kier molecular flexibility index (Phi) is 5.74. The maximum absolute atomic E-state index is 12.3. The fourth-order valence-corrected chi connectivity index (χ4v) is 3.87. The first-order valence-corrected chi connectivity index (χ1v) is 9.24. The lowest BCUT2D eigenvalue weighted by Gasteiger charge is -2.32. The molecule has 5 nitrogen and oxygen atoms in total. The van der Waals surface area contributed by atoms with Crippen LogP contribution in [0.3, 0.4) is 0 Å². The standard InChI is InChI=1S/C19H29N3O2/c1-15-12-21(13-16(2)24-15)14-19(23)20-17-6-8-18(9-7-17)22-10-4-3-5-11-22/h6-9,15-16H,3-5,10-14H2,1-2H3,(H,20,23)/p+1/t15-,16-/m1/s1. The van der Waals surface area contributed by atoms with E-state index in [1.54, 1.807) is 0 Å². The molecule has 0 saturated carbocycles. The number of quaternary nitrogens is 1. The Bertz CT molecular complexity index is 530. The second-order valence-corrected chi connectivity index (χ2v) is 7.24. The first-order chi connectivity index (χ1) is 11.6. The molecule has 5 heteroatoms. The SMILES string of the molecule is C[C@@H]1C[NH+](CC(=O)Nc2ccc(N3CCCCC3)cc2)C[C@@H](C)O1. The van der Waals surface area contributed by atoms with E-state index in [0.717, 1.165) is 31.9 Å². The van der Waals surface area contributed by atoms with Gasteiger partial charge in [-0.25, -0.2) is 0 Å². The Morgan fingerprint density at radius 3 is 2.38 bits per heavy atom. The molecule has 2 saturated heterocycles. The summed E-state index contributed by atoms with van der Waals surface area (Å²) in [7, 11) is 0. The van der Waals surface area contributed by atoms with Crippen LogP contribution >= 0.6 is 0 Å². The van der Waals surface area contributed by atoms with Gasteiger partial charge in [-0.2, -0.15) is 0 Å². The van der Waals surface area contributed by atoms with Crippen molar-refractivity contribution < 1.29 is 14.4 Å². The summed E-state index contributed by atoms with van der Waals surface area (Å²) < 4.78 is 5.73. The summed E-state index contributed by atoms with van der Waals surface area (Å²) in [6, 6.07) is 8.27. The van der Waals surface area contributed by atoms with E-state index >= 15 is 0 Å². The molecule has 24 heavy (non-hydrogen) atoms. The van der Waals surface area contributed by atoms with E-state index in [-0.39, 0.29) is 18.1 Å². The molecule has 2 aliphatic heterocycles. The maximum atomic E-state index is 12.3. The van der Waals surface area contributed by atoms with Crippen molar-refractivity contribution >= 4 is 17.3 Å². The van der Waals surface area contributed by atoms with Crippen LogP contribution in [-0.2, 0) is 9.53 Å². The fraction of sp³-hybridized carbons (Fsp3) is 0.632. The number of morpholine rings is 1. The molecule has 1 aromatic rings. The number of rotatable bonds is 4. The number of carbonyl (C=O) groups is 1. The van der Waals surface area contributed by atoms with Crippen molar-refractivity contribution in [2.24, 2.45) is 0 Å². The number of amides is 1. The van der Waals surface area contributed by atoms with Crippen molar-refractivity contribution in [2.75, 3.05) is 42.9 Å². The summed E-state index contributed by atoms with van der Waals surface area (Å²) in [6.45, 7) is 8.73. The molecule has 0 radical (unpaired) electrons. The first-order valence-electron chi connectivity index (χ1n) is 9.24. The van der Waals surface area contributed by atoms with E-state index in [1.807, 2.05) is 12.1 Å². The molecular weight excluding hydrogens is 302 g/mol. The molecular formula is C19H30N3O2+. The molecule has 2 fully saturated rings. The second-order valence-electron chi connectivity index (χ2n) is 7.24. The van der Waals surface area contributed by atoms with Crippen molar-refractivity contribution in [3.8, 4) is 0 Å². The lowest BCUT2D eigenvalue weighted by molar-refractivity contribution is -0.907. The number of anilines is 2. The fourth-order valence-electron chi connectivity index (χ4n) is 3.87. The first kappa shape index (κ1) is 17.2. The molecule has 2 N–H and O–H groups in total. The van der Waals surface area contributed by atoms with E-state index in [0.29, 0.717) is 6.54 Å². The van der Waals surface area contributed by atoms with Gasteiger partial charge in [-0.05, 0) is 57.4 Å². The molecule has 1 amide bonds. The summed E-state index contributed by atoms with van der Waals surface area (Å²) in [5, 5.41) is 3.03. The Morgan fingerprint density at radius 2 is 1.75 bits per heavy atom. The highest BCUT2D eigenvalue weighted by atomic mass is 16.5. The van der Waals surface area contributed by atoms with Gasteiger partial charge in [0.15, 0.2) is 6.54 Å². The van der Waals surface area contributed by atoms with Crippen LogP contribution in [0.25, 0.3) is 0 Å². The average molecular weight is 332 g/mol. The van der Waals surface area contributed by atoms with Crippen LogP contribution in [0.5, 0.6) is 0 Å². The number of piperidine rings is 1. The van der Waals surface area contributed by atoms with E-state index in [2.05, 4.69) is 36.2 Å². The predicted molar refractivity (Wildman–Crippen MR) is 96.7 cm³/mol.